The van der Waals surface area contributed by atoms with Crippen LogP contribution in [-0.2, 0) is 6.54 Å². The lowest BCUT2D eigenvalue weighted by atomic mass is 9.99. The molecule has 3 aromatic rings. The van der Waals surface area contributed by atoms with E-state index in [-0.39, 0.29) is 11.6 Å². The van der Waals surface area contributed by atoms with Crippen molar-refractivity contribution in [3.05, 3.63) is 64.2 Å². The molecule has 0 radical (unpaired) electrons. The molecule has 0 aliphatic carbocycles. The van der Waals surface area contributed by atoms with Gasteiger partial charge in [0.05, 0.1) is 24.4 Å². The third kappa shape index (κ3) is 2.58. The quantitative estimate of drug-likeness (QED) is 0.744. The first-order chi connectivity index (χ1) is 13.0. The number of hydrogen-bond donors (Lipinski definition) is 2. The molecule has 0 saturated carbocycles. The van der Waals surface area contributed by atoms with E-state index in [4.69, 9.17) is 4.74 Å². The number of aromatic nitrogens is 2. The molecular formula is C20H17N3O4. The summed E-state index contributed by atoms with van der Waals surface area (Å²) in [6, 6.07) is 14.3. The van der Waals surface area contributed by atoms with Gasteiger partial charge in [0.25, 0.3) is 0 Å². The van der Waals surface area contributed by atoms with Crippen molar-refractivity contribution >= 4 is 0 Å². The van der Waals surface area contributed by atoms with Crippen molar-refractivity contribution in [2.45, 2.75) is 19.1 Å². The van der Waals surface area contributed by atoms with Gasteiger partial charge in [-0.3, -0.25) is 4.57 Å². The van der Waals surface area contributed by atoms with Crippen LogP contribution < -0.4 is 10.4 Å². The average Bonchev–Trinajstić information content (AvgIpc) is 3.20. The van der Waals surface area contributed by atoms with Gasteiger partial charge < -0.3 is 14.9 Å². The SMILES string of the molecule is COc1ccc(-c2cc(-n3c(O)c4n(c3=O)CC[C@H]4O)ccc2C#N)cc1. The minimum Gasteiger partial charge on any atom is -0.497 e. The highest BCUT2D eigenvalue weighted by atomic mass is 16.5. The fourth-order valence-corrected chi connectivity index (χ4v) is 3.49. The van der Waals surface area contributed by atoms with Gasteiger partial charge in [-0.15, -0.1) is 0 Å². The standard InChI is InChI=1S/C20H17N3O4/c1-27-15-6-3-12(4-7-15)16-10-14(5-2-13(16)11-21)23-19(25)18-17(24)8-9-22(18)20(23)26/h2-7,10,17,24-25H,8-9H2,1H3/t17-/m1/s1. The number of benzene rings is 2. The number of rotatable bonds is 3. The van der Waals surface area contributed by atoms with Crippen LogP contribution in [0.25, 0.3) is 16.8 Å². The molecule has 4 rings (SSSR count). The molecule has 2 aromatic carbocycles. The Labute approximate surface area is 154 Å². The van der Waals surface area contributed by atoms with Gasteiger partial charge >= 0.3 is 5.69 Å². The molecule has 0 unspecified atom stereocenters. The van der Waals surface area contributed by atoms with Crippen molar-refractivity contribution in [2.75, 3.05) is 7.11 Å². The topological polar surface area (TPSA) is 100 Å². The van der Waals surface area contributed by atoms with Crippen LogP contribution in [0, 0.1) is 11.3 Å². The third-order valence-electron chi connectivity index (χ3n) is 4.88. The summed E-state index contributed by atoms with van der Waals surface area (Å²) in [5, 5.41) is 30.0. The molecule has 0 fully saturated rings. The minimum atomic E-state index is -0.863. The summed E-state index contributed by atoms with van der Waals surface area (Å²) >= 11 is 0. The first kappa shape index (κ1) is 16.9. The van der Waals surface area contributed by atoms with E-state index in [0.717, 1.165) is 10.1 Å². The molecular weight excluding hydrogens is 346 g/mol. The first-order valence-corrected chi connectivity index (χ1v) is 8.46. The Morgan fingerprint density at radius 2 is 1.96 bits per heavy atom. The number of methoxy groups -OCH3 is 1. The predicted octanol–water partition coefficient (Wildman–Crippen LogP) is 2.33. The summed E-state index contributed by atoms with van der Waals surface area (Å²) in [6.45, 7) is 0.359. The smallest absolute Gasteiger partial charge is 0.336 e. The van der Waals surface area contributed by atoms with Crippen LogP contribution in [0.15, 0.2) is 47.3 Å². The Balaban J connectivity index is 1.88. The highest BCUT2D eigenvalue weighted by Crippen LogP contribution is 2.34. The Hall–Kier alpha value is -3.50. The fraction of sp³-hybridized carbons (Fsp3) is 0.200. The Morgan fingerprint density at radius 1 is 1.22 bits per heavy atom. The average molecular weight is 363 g/mol. The van der Waals surface area contributed by atoms with Gasteiger partial charge in [0, 0.05) is 12.1 Å². The number of aromatic hydroxyl groups is 1. The molecule has 0 bridgehead atoms. The van der Waals surface area contributed by atoms with Crippen LogP contribution in [-0.4, -0.2) is 26.5 Å². The monoisotopic (exact) mass is 363 g/mol. The molecule has 2 heterocycles. The van der Waals surface area contributed by atoms with Crippen LogP contribution in [0.5, 0.6) is 11.6 Å². The summed E-state index contributed by atoms with van der Waals surface area (Å²) < 4.78 is 7.70. The number of aliphatic hydroxyl groups is 1. The van der Waals surface area contributed by atoms with Gasteiger partial charge in [-0.1, -0.05) is 12.1 Å². The van der Waals surface area contributed by atoms with E-state index >= 15 is 0 Å². The number of fused-ring (bicyclic) bond motifs is 1. The van der Waals surface area contributed by atoms with Crippen LogP contribution in [0.3, 0.4) is 0 Å². The van der Waals surface area contributed by atoms with E-state index in [9.17, 15) is 20.3 Å². The van der Waals surface area contributed by atoms with Crippen molar-refractivity contribution in [1.29, 1.82) is 5.26 Å². The van der Waals surface area contributed by atoms with Crippen LogP contribution in [0.2, 0.25) is 0 Å². The minimum absolute atomic E-state index is 0.232. The molecule has 136 valence electrons. The summed E-state index contributed by atoms with van der Waals surface area (Å²) in [5.41, 5.74) is 2.11. The van der Waals surface area contributed by atoms with E-state index in [0.29, 0.717) is 35.5 Å². The number of nitrogens with zero attached hydrogens (tertiary/aromatic N) is 3. The zero-order valence-corrected chi connectivity index (χ0v) is 14.6. The number of ether oxygens (including phenoxy) is 1. The van der Waals surface area contributed by atoms with E-state index in [2.05, 4.69) is 6.07 Å². The van der Waals surface area contributed by atoms with Crippen molar-refractivity contribution in [3.8, 4) is 34.5 Å². The lowest BCUT2D eigenvalue weighted by Crippen LogP contribution is -2.22. The Kier molecular flexibility index (Phi) is 3.98. The maximum atomic E-state index is 12.7. The zero-order valence-electron chi connectivity index (χ0n) is 14.6. The van der Waals surface area contributed by atoms with E-state index in [1.54, 1.807) is 37.4 Å². The maximum Gasteiger partial charge on any atom is 0.336 e. The van der Waals surface area contributed by atoms with E-state index < -0.39 is 11.8 Å². The third-order valence-corrected chi connectivity index (χ3v) is 4.88. The molecule has 27 heavy (non-hydrogen) atoms. The van der Waals surface area contributed by atoms with Crippen LogP contribution in [0.4, 0.5) is 0 Å². The maximum absolute atomic E-state index is 12.7. The first-order valence-electron chi connectivity index (χ1n) is 8.46. The molecule has 7 nitrogen and oxygen atoms in total. The summed E-state index contributed by atoms with van der Waals surface area (Å²) in [7, 11) is 1.58. The molecule has 1 atom stereocenters. The normalized spacial score (nSPS) is 15.4. The molecule has 0 spiro atoms. The molecule has 0 saturated heterocycles. The molecule has 1 aliphatic rings. The lowest BCUT2D eigenvalue weighted by Gasteiger charge is -2.10. The number of hydrogen-bond acceptors (Lipinski definition) is 5. The van der Waals surface area contributed by atoms with Crippen molar-refractivity contribution in [2.24, 2.45) is 0 Å². The van der Waals surface area contributed by atoms with Crippen molar-refractivity contribution in [1.82, 2.24) is 9.13 Å². The van der Waals surface area contributed by atoms with Gasteiger partial charge in [-0.25, -0.2) is 9.36 Å². The van der Waals surface area contributed by atoms with Gasteiger partial charge in [0.15, 0.2) is 0 Å². The second-order valence-corrected chi connectivity index (χ2v) is 6.35. The second-order valence-electron chi connectivity index (χ2n) is 6.35. The number of nitriles is 1. The molecule has 7 heteroatoms. The Bertz CT molecular complexity index is 1120. The predicted molar refractivity (Wildman–Crippen MR) is 98.0 cm³/mol. The number of aliphatic hydroxyl groups excluding tert-OH is 1. The lowest BCUT2D eigenvalue weighted by molar-refractivity contribution is 0.175. The van der Waals surface area contributed by atoms with Gasteiger partial charge in [-0.05, 0) is 42.3 Å². The summed E-state index contributed by atoms with van der Waals surface area (Å²) in [6.07, 6.45) is -0.456. The fourth-order valence-electron chi connectivity index (χ4n) is 3.49. The number of imidazole rings is 1. The largest absolute Gasteiger partial charge is 0.497 e. The highest BCUT2D eigenvalue weighted by molar-refractivity contribution is 5.73. The molecule has 2 N–H and O–H groups in total. The van der Waals surface area contributed by atoms with Crippen LogP contribution >= 0.6 is 0 Å². The van der Waals surface area contributed by atoms with Crippen LogP contribution in [0.1, 0.15) is 23.8 Å². The van der Waals surface area contributed by atoms with E-state index in [1.807, 2.05) is 12.1 Å². The molecule has 1 aromatic heterocycles. The highest BCUT2D eigenvalue weighted by Gasteiger charge is 2.31. The van der Waals surface area contributed by atoms with Crippen molar-refractivity contribution < 1.29 is 14.9 Å². The summed E-state index contributed by atoms with van der Waals surface area (Å²) in [4.78, 5) is 12.7. The van der Waals surface area contributed by atoms with Crippen molar-refractivity contribution in [3.63, 3.8) is 0 Å². The summed E-state index contributed by atoms with van der Waals surface area (Å²) in [5.74, 6) is 0.426. The van der Waals surface area contributed by atoms with Gasteiger partial charge in [-0.2, -0.15) is 5.26 Å². The van der Waals surface area contributed by atoms with Gasteiger partial charge in [0.2, 0.25) is 5.88 Å². The van der Waals surface area contributed by atoms with Gasteiger partial charge in [0.1, 0.15) is 17.5 Å². The van der Waals surface area contributed by atoms with E-state index in [1.165, 1.54) is 4.57 Å². The second kappa shape index (κ2) is 6.34. The molecule has 0 amide bonds. The zero-order chi connectivity index (χ0) is 19.1. The Morgan fingerprint density at radius 3 is 2.59 bits per heavy atom. The molecule has 1 aliphatic heterocycles.